The molecule has 1 N–H and O–H groups in total. The first-order chi connectivity index (χ1) is 11.3. The quantitative estimate of drug-likeness (QED) is 0.558. The van der Waals surface area contributed by atoms with Crippen LogP contribution in [-0.2, 0) is 0 Å². The zero-order valence-electron chi connectivity index (χ0n) is 12.7. The Morgan fingerprint density at radius 2 is 2.09 bits per heavy atom. The molecule has 4 rings (SSSR count). The van der Waals surface area contributed by atoms with Crippen LogP contribution < -0.4 is 4.90 Å². The Hall–Kier alpha value is -2.20. The van der Waals surface area contributed by atoms with Crippen molar-refractivity contribution >= 4 is 35.5 Å². The molecule has 0 saturated carbocycles. The Kier molecular flexibility index (Phi) is 3.62. The van der Waals surface area contributed by atoms with E-state index in [9.17, 15) is 4.79 Å². The number of aldehydes is 1. The average molecular weight is 322 g/mol. The molecule has 1 aromatic heterocycles. The van der Waals surface area contributed by atoms with Gasteiger partial charge in [-0.2, -0.15) is 0 Å². The number of rotatable bonds is 3. The molecule has 116 valence electrons. The number of para-hydroxylation sites is 1. The number of nitrogens with zero attached hydrogens (tertiary/aromatic N) is 1. The van der Waals surface area contributed by atoms with Crippen LogP contribution in [0.2, 0.25) is 0 Å². The van der Waals surface area contributed by atoms with Crippen molar-refractivity contribution < 1.29 is 4.79 Å². The van der Waals surface area contributed by atoms with Crippen LogP contribution in [0.15, 0.2) is 53.6 Å². The minimum absolute atomic E-state index is 0.481. The number of thiol groups is 1. The molecule has 23 heavy (non-hydrogen) atoms. The number of hydrogen-bond donors (Lipinski definition) is 2. The van der Waals surface area contributed by atoms with Gasteiger partial charge in [-0.15, -0.1) is 12.6 Å². The second-order valence-electron chi connectivity index (χ2n) is 6.08. The molecule has 1 aliphatic heterocycles. The summed E-state index contributed by atoms with van der Waals surface area (Å²) >= 11 is 4.42. The number of aromatic nitrogens is 1. The van der Waals surface area contributed by atoms with Gasteiger partial charge in [0.05, 0.1) is 0 Å². The second kappa shape index (κ2) is 5.78. The molecule has 1 aliphatic rings. The molecule has 1 atom stereocenters. The maximum Gasteiger partial charge on any atom is 0.152 e. The third-order valence-corrected chi connectivity index (χ3v) is 5.01. The van der Waals surface area contributed by atoms with E-state index in [1.807, 2.05) is 18.2 Å². The molecule has 0 radical (unpaired) electrons. The van der Waals surface area contributed by atoms with Crippen LogP contribution in [0.3, 0.4) is 0 Å². The zero-order valence-corrected chi connectivity index (χ0v) is 13.6. The van der Waals surface area contributed by atoms with Crippen molar-refractivity contribution in [3.05, 3.63) is 59.8 Å². The van der Waals surface area contributed by atoms with Crippen LogP contribution in [-0.4, -0.2) is 24.4 Å². The van der Waals surface area contributed by atoms with Crippen LogP contribution in [0.1, 0.15) is 28.3 Å². The molecule has 2 heterocycles. The number of benzene rings is 2. The zero-order chi connectivity index (χ0) is 15.8. The molecule has 4 heteroatoms. The predicted octanol–water partition coefficient (Wildman–Crippen LogP) is 4.26. The van der Waals surface area contributed by atoms with Gasteiger partial charge in [0.25, 0.3) is 0 Å². The van der Waals surface area contributed by atoms with Gasteiger partial charge in [0.2, 0.25) is 0 Å². The summed E-state index contributed by atoms with van der Waals surface area (Å²) in [5, 5.41) is 1.30. The van der Waals surface area contributed by atoms with Crippen molar-refractivity contribution in [3.8, 4) is 0 Å². The van der Waals surface area contributed by atoms with Gasteiger partial charge in [-0.3, -0.25) is 4.79 Å². The summed E-state index contributed by atoms with van der Waals surface area (Å²) in [6.07, 6.45) is 4.16. The van der Waals surface area contributed by atoms with Gasteiger partial charge in [0.15, 0.2) is 6.29 Å². The minimum Gasteiger partial charge on any atom is -0.370 e. The Labute approximate surface area is 140 Å². The van der Waals surface area contributed by atoms with Gasteiger partial charge in [0.1, 0.15) is 0 Å². The summed E-state index contributed by atoms with van der Waals surface area (Å²) in [6.45, 7) is 1.89. The molecule has 3 nitrogen and oxygen atoms in total. The molecule has 3 aromatic rings. The highest BCUT2D eigenvalue weighted by molar-refractivity contribution is 7.80. The van der Waals surface area contributed by atoms with Crippen LogP contribution in [0, 0.1) is 0 Å². The molecule has 2 aromatic carbocycles. The molecule has 0 bridgehead atoms. The van der Waals surface area contributed by atoms with Crippen LogP contribution in [0.25, 0.3) is 10.9 Å². The number of H-pyrrole nitrogens is 1. The highest BCUT2D eigenvalue weighted by Gasteiger charge is 2.27. The van der Waals surface area contributed by atoms with E-state index in [-0.39, 0.29) is 0 Å². The van der Waals surface area contributed by atoms with Crippen molar-refractivity contribution in [2.45, 2.75) is 17.2 Å². The maximum atomic E-state index is 11.3. The summed E-state index contributed by atoms with van der Waals surface area (Å²) in [7, 11) is 0. The monoisotopic (exact) mass is 322 g/mol. The van der Waals surface area contributed by atoms with E-state index in [0.717, 1.165) is 41.9 Å². The van der Waals surface area contributed by atoms with Gasteiger partial charge in [-0.25, -0.2) is 0 Å². The Morgan fingerprint density at radius 3 is 2.96 bits per heavy atom. The number of anilines is 1. The molecular formula is C19H18N2OS. The molecule has 1 saturated heterocycles. The van der Waals surface area contributed by atoms with E-state index in [4.69, 9.17) is 0 Å². The number of aromatic amines is 1. The first kappa shape index (κ1) is 14.4. The molecule has 1 fully saturated rings. The third kappa shape index (κ3) is 2.53. The van der Waals surface area contributed by atoms with E-state index in [1.54, 1.807) is 0 Å². The standard InChI is InChI=1S/C19H18N2OS/c22-12-14-5-6-15(23)9-19(14)21-8-7-13(11-21)17-10-20-18-4-2-1-3-16(17)18/h1-6,9-10,12-13,20,23H,7-8,11H2. The number of fused-ring (bicyclic) bond motifs is 1. The Bertz CT molecular complexity index is 871. The highest BCUT2D eigenvalue weighted by Crippen LogP contribution is 2.36. The van der Waals surface area contributed by atoms with Crippen LogP contribution in [0.5, 0.6) is 0 Å². The molecule has 0 spiro atoms. The predicted molar refractivity (Wildman–Crippen MR) is 97.0 cm³/mol. The van der Waals surface area contributed by atoms with Gasteiger partial charge in [0, 0.05) is 52.3 Å². The minimum atomic E-state index is 0.481. The fourth-order valence-electron chi connectivity index (χ4n) is 3.57. The lowest BCUT2D eigenvalue weighted by atomic mass is 9.98. The molecular weight excluding hydrogens is 304 g/mol. The normalized spacial score (nSPS) is 17.8. The number of nitrogens with one attached hydrogen (secondary N) is 1. The van der Waals surface area contributed by atoms with Crippen LogP contribution >= 0.6 is 12.6 Å². The number of carbonyl (C=O) groups is 1. The van der Waals surface area contributed by atoms with Gasteiger partial charge in [-0.05, 0) is 36.2 Å². The highest BCUT2D eigenvalue weighted by atomic mass is 32.1. The molecule has 0 amide bonds. The second-order valence-corrected chi connectivity index (χ2v) is 6.60. The summed E-state index contributed by atoms with van der Waals surface area (Å²) in [5.74, 6) is 0.481. The van der Waals surface area contributed by atoms with Crippen molar-refractivity contribution in [1.82, 2.24) is 4.98 Å². The third-order valence-electron chi connectivity index (χ3n) is 4.73. The number of hydrogen-bond acceptors (Lipinski definition) is 3. The lowest BCUT2D eigenvalue weighted by Gasteiger charge is -2.21. The van der Waals surface area contributed by atoms with E-state index in [2.05, 4.69) is 53.0 Å². The topological polar surface area (TPSA) is 36.1 Å². The van der Waals surface area contributed by atoms with Gasteiger partial charge < -0.3 is 9.88 Å². The lowest BCUT2D eigenvalue weighted by molar-refractivity contribution is 0.112. The molecule has 0 aliphatic carbocycles. The van der Waals surface area contributed by atoms with Crippen LogP contribution in [0.4, 0.5) is 5.69 Å². The first-order valence-electron chi connectivity index (χ1n) is 7.85. The fourth-order valence-corrected chi connectivity index (χ4v) is 3.77. The van der Waals surface area contributed by atoms with E-state index < -0.39 is 0 Å². The van der Waals surface area contributed by atoms with Crippen molar-refractivity contribution in [3.63, 3.8) is 0 Å². The van der Waals surface area contributed by atoms with Crippen molar-refractivity contribution in [1.29, 1.82) is 0 Å². The Morgan fingerprint density at radius 1 is 1.22 bits per heavy atom. The first-order valence-corrected chi connectivity index (χ1v) is 8.30. The summed E-state index contributed by atoms with van der Waals surface area (Å²) < 4.78 is 0. The maximum absolute atomic E-state index is 11.3. The lowest BCUT2D eigenvalue weighted by Crippen LogP contribution is -2.20. The molecule has 1 unspecified atom stereocenters. The SMILES string of the molecule is O=Cc1ccc(S)cc1N1CCC(c2c[nH]c3ccccc23)C1. The van der Waals surface area contributed by atoms with E-state index in [0.29, 0.717) is 5.92 Å². The van der Waals surface area contributed by atoms with E-state index in [1.165, 1.54) is 16.5 Å². The summed E-state index contributed by atoms with van der Waals surface area (Å²) in [4.78, 5) is 17.9. The fraction of sp³-hybridized carbons (Fsp3) is 0.211. The van der Waals surface area contributed by atoms with E-state index >= 15 is 0 Å². The Balaban J connectivity index is 1.65. The average Bonchev–Trinajstić information content (AvgIpc) is 3.21. The van der Waals surface area contributed by atoms with Gasteiger partial charge >= 0.3 is 0 Å². The largest absolute Gasteiger partial charge is 0.370 e. The smallest absolute Gasteiger partial charge is 0.152 e. The van der Waals surface area contributed by atoms with Crippen molar-refractivity contribution in [2.24, 2.45) is 0 Å². The summed E-state index contributed by atoms with van der Waals surface area (Å²) in [5.41, 5.74) is 4.29. The van der Waals surface area contributed by atoms with Gasteiger partial charge in [-0.1, -0.05) is 18.2 Å². The number of carbonyl (C=O) groups excluding carboxylic acids is 1. The van der Waals surface area contributed by atoms with Crippen molar-refractivity contribution in [2.75, 3.05) is 18.0 Å². The summed E-state index contributed by atoms with van der Waals surface area (Å²) in [6, 6.07) is 14.1.